The highest BCUT2D eigenvalue weighted by atomic mass is 35.5. The average molecular weight is 238 g/mol. The Morgan fingerprint density at radius 1 is 1.06 bits per heavy atom. The summed E-state index contributed by atoms with van der Waals surface area (Å²) in [5.41, 5.74) is 1.88. The monoisotopic (exact) mass is 237 g/mol. The molecule has 0 atom stereocenters. The Balaban J connectivity index is 0.000000606. The predicted octanol–water partition coefficient (Wildman–Crippen LogP) is 4.64. The van der Waals surface area contributed by atoms with Gasteiger partial charge in [-0.25, -0.2) is 4.98 Å². The van der Waals surface area contributed by atoms with Crippen molar-refractivity contribution in [2.75, 3.05) is 0 Å². The summed E-state index contributed by atoms with van der Waals surface area (Å²) in [6, 6.07) is 7.44. The van der Waals surface area contributed by atoms with Crippen LogP contribution in [0.5, 0.6) is 0 Å². The number of hydrogen-bond donors (Lipinski definition) is 0. The van der Waals surface area contributed by atoms with Gasteiger partial charge >= 0.3 is 0 Å². The van der Waals surface area contributed by atoms with E-state index in [1.807, 2.05) is 52.0 Å². The van der Waals surface area contributed by atoms with E-state index >= 15 is 0 Å². The highest BCUT2D eigenvalue weighted by molar-refractivity contribution is 6.30. The quantitative estimate of drug-likeness (QED) is 0.722. The van der Waals surface area contributed by atoms with Gasteiger partial charge in [-0.15, -0.1) is 0 Å². The molecule has 0 fully saturated rings. The minimum Gasteiger partial charge on any atom is -0.441 e. The Kier molecular flexibility index (Phi) is 4.56. The molecule has 1 aromatic heterocycles. The molecule has 0 aliphatic heterocycles. The molecule has 2 aromatic rings. The minimum absolute atomic E-state index is 0.650. The first-order valence-corrected chi connectivity index (χ1v) is 5.74. The Bertz CT molecular complexity index is 426. The van der Waals surface area contributed by atoms with Crippen LogP contribution in [0.3, 0.4) is 0 Å². The summed E-state index contributed by atoms with van der Waals surface area (Å²) in [4.78, 5) is 4.30. The van der Waals surface area contributed by atoms with Crippen LogP contribution in [-0.4, -0.2) is 4.98 Å². The molecule has 0 saturated carbocycles. The molecule has 0 saturated heterocycles. The molecule has 0 spiro atoms. The molecule has 0 unspecified atom stereocenters. The fourth-order valence-corrected chi connectivity index (χ4v) is 1.31. The van der Waals surface area contributed by atoms with E-state index < -0.39 is 0 Å². The van der Waals surface area contributed by atoms with Crippen LogP contribution in [0.1, 0.15) is 25.3 Å². The first-order chi connectivity index (χ1) is 7.66. The van der Waals surface area contributed by atoms with Crippen LogP contribution in [0.4, 0.5) is 0 Å². The van der Waals surface area contributed by atoms with Gasteiger partial charge in [0, 0.05) is 10.6 Å². The van der Waals surface area contributed by atoms with Gasteiger partial charge in [0.25, 0.3) is 0 Å². The van der Waals surface area contributed by atoms with Crippen molar-refractivity contribution in [3.63, 3.8) is 0 Å². The van der Waals surface area contributed by atoms with E-state index in [1.54, 1.807) is 0 Å². The molecule has 0 N–H and O–H groups in total. The van der Waals surface area contributed by atoms with Crippen molar-refractivity contribution < 1.29 is 4.42 Å². The predicted molar refractivity (Wildman–Crippen MR) is 67.8 cm³/mol. The lowest BCUT2D eigenvalue weighted by atomic mass is 10.2. The van der Waals surface area contributed by atoms with Gasteiger partial charge in [0.1, 0.15) is 5.76 Å². The van der Waals surface area contributed by atoms with Gasteiger partial charge in [-0.2, -0.15) is 0 Å². The molecule has 0 aliphatic rings. The van der Waals surface area contributed by atoms with Crippen LogP contribution >= 0.6 is 11.6 Å². The normalized spacial score (nSPS) is 9.56. The van der Waals surface area contributed by atoms with Gasteiger partial charge in [-0.05, 0) is 38.1 Å². The number of nitrogens with zero attached hydrogens (tertiary/aromatic N) is 1. The van der Waals surface area contributed by atoms with Gasteiger partial charge in [-0.1, -0.05) is 25.4 Å². The van der Waals surface area contributed by atoms with E-state index in [-0.39, 0.29) is 0 Å². The average Bonchev–Trinajstić information content (AvgIpc) is 2.63. The Hall–Kier alpha value is -1.28. The number of benzene rings is 1. The molecule has 0 radical (unpaired) electrons. The SMILES string of the molecule is CC.Cc1nc(-c2ccc(Cl)cc2)oc1C. The summed E-state index contributed by atoms with van der Waals surface area (Å²) in [6.07, 6.45) is 0. The first-order valence-electron chi connectivity index (χ1n) is 5.37. The molecule has 0 aliphatic carbocycles. The fraction of sp³-hybridized carbons (Fsp3) is 0.308. The highest BCUT2D eigenvalue weighted by Crippen LogP contribution is 2.22. The first kappa shape index (κ1) is 12.8. The standard InChI is InChI=1S/C11H10ClNO.C2H6/c1-7-8(2)14-11(13-7)9-3-5-10(12)6-4-9;1-2/h3-6H,1-2H3;1-2H3. The Labute approximate surface area is 101 Å². The number of halogens is 1. The largest absolute Gasteiger partial charge is 0.441 e. The molecule has 16 heavy (non-hydrogen) atoms. The molecule has 1 aromatic carbocycles. The van der Waals surface area contributed by atoms with Crippen LogP contribution < -0.4 is 0 Å². The second kappa shape index (κ2) is 5.71. The molecule has 86 valence electrons. The lowest BCUT2D eigenvalue weighted by Crippen LogP contribution is -1.77. The van der Waals surface area contributed by atoms with E-state index in [2.05, 4.69) is 4.98 Å². The third-order valence-corrected chi connectivity index (χ3v) is 2.37. The van der Waals surface area contributed by atoms with E-state index in [0.29, 0.717) is 10.9 Å². The van der Waals surface area contributed by atoms with Crippen LogP contribution in [0.15, 0.2) is 28.7 Å². The van der Waals surface area contributed by atoms with Gasteiger partial charge in [0.2, 0.25) is 5.89 Å². The van der Waals surface area contributed by atoms with Crippen molar-refractivity contribution in [1.82, 2.24) is 4.98 Å². The molecule has 0 bridgehead atoms. The smallest absolute Gasteiger partial charge is 0.226 e. The van der Waals surface area contributed by atoms with E-state index in [0.717, 1.165) is 17.0 Å². The third kappa shape index (κ3) is 2.86. The van der Waals surface area contributed by atoms with Crippen LogP contribution in [0, 0.1) is 13.8 Å². The molecular weight excluding hydrogens is 222 g/mol. The second-order valence-corrected chi connectivity index (χ2v) is 3.60. The number of aromatic nitrogens is 1. The summed E-state index contributed by atoms with van der Waals surface area (Å²) in [5.74, 6) is 1.51. The zero-order valence-corrected chi connectivity index (χ0v) is 10.8. The van der Waals surface area contributed by atoms with Gasteiger partial charge in [-0.3, -0.25) is 0 Å². The van der Waals surface area contributed by atoms with Crippen molar-refractivity contribution in [2.24, 2.45) is 0 Å². The summed E-state index contributed by atoms with van der Waals surface area (Å²) in [6.45, 7) is 7.83. The topological polar surface area (TPSA) is 26.0 Å². The van der Waals surface area contributed by atoms with Crippen molar-refractivity contribution >= 4 is 11.6 Å². The molecule has 1 heterocycles. The second-order valence-electron chi connectivity index (χ2n) is 3.17. The van der Waals surface area contributed by atoms with Crippen LogP contribution in [-0.2, 0) is 0 Å². The van der Waals surface area contributed by atoms with Gasteiger partial charge < -0.3 is 4.42 Å². The summed E-state index contributed by atoms with van der Waals surface area (Å²) >= 11 is 5.78. The van der Waals surface area contributed by atoms with Crippen molar-refractivity contribution in [3.8, 4) is 11.5 Å². The number of rotatable bonds is 1. The number of aryl methyl sites for hydroxylation is 2. The summed E-state index contributed by atoms with van der Waals surface area (Å²) < 4.78 is 5.49. The molecule has 2 nitrogen and oxygen atoms in total. The molecular formula is C13H16ClNO. The summed E-state index contributed by atoms with van der Waals surface area (Å²) in [5, 5.41) is 0.716. The number of hydrogen-bond acceptors (Lipinski definition) is 2. The van der Waals surface area contributed by atoms with E-state index in [4.69, 9.17) is 16.0 Å². The highest BCUT2D eigenvalue weighted by Gasteiger charge is 2.07. The van der Waals surface area contributed by atoms with E-state index in [1.165, 1.54) is 0 Å². The molecule has 3 heteroatoms. The fourth-order valence-electron chi connectivity index (χ4n) is 1.19. The lowest BCUT2D eigenvalue weighted by molar-refractivity contribution is 0.541. The van der Waals surface area contributed by atoms with Crippen molar-refractivity contribution in [2.45, 2.75) is 27.7 Å². The van der Waals surface area contributed by atoms with Crippen LogP contribution in [0.2, 0.25) is 5.02 Å². The van der Waals surface area contributed by atoms with E-state index in [9.17, 15) is 0 Å². The van der Waals surface area contributed by atoms with Gasteiger partial charge in [0.15, 0.2) is 0 Å². The lowest BCUT2D eigenvalue weighted by Gasteiger charge is -1.94. The van der Waals surface area contributed by atoms with Crippen molar-refractivity contribution in [1.29, 1.82) is 0 Å². The Morgan fingerprint density at radius 3 is 2.06 bits per heavy atom. The van der Waals surface area contributed by atoms with Crippen molar-refractivity contribution in [3.05, 3.63) is 40.7 Å². The molecule has 0 amide bonds. The minimum atomic E-state index is 0.650. The third-order valence-electron chi connectivity index (χ3n) is 2.12. The Morgan fingerprint density at radius 2 is 1.62 bits per heavy atom. The van der Waals surface area contributed by atoms with Crippen LogP contribution in [0.25, 0.3) is 11.5 Å². The number of oxazole rings is 1. The zero-order valence-electron chi connectivity index (χ0n) is 10.0. The molecule has 2 rings (SSSR count). The summed E-state index contributed by atoms with van der Waals surface area (Å²) in [7, 11) is 0. The maximum Gasteiger partial charge on any atom is 0.226 e. The maximum absolute atomic E-state index is 5.78. The maximum atomic E-state index is 5.78. The zero-order chi connectivity index (χ0) is 12.1. The van der Waals surface area contributed by atoms with Gasteiger partial charge in [0.05, 0.1) is 5.69 Å².